The van der Waals surface area contributed by atoms with Crippen molar-refractivity contribution in [3.05, 3.63) is 0 Å². The van der Waals surface area contributed by atoms with E-state index in [-0.39, 0.29) is 23.8 Å². The van der Waals surface area contributed by atoms with E-state index in [2.05, 4.69) is 5.32 Å². The average molecular weight is 209 g/mol. The van der Waals surface area contributed by atoms with Gasteiger partial charge in [-0.15, -0.1) is 0 Å². The third kappa shape index (κ3) is 1.19. The smallest absolute Gasteiger partial charge is 0.246 e. The summed E-state index contributed by atoms with van der Waals surface area (Å²) in [6, 6.07) is -0.115. The minimum Gasteiger partial charge on any atom is -0.338 e. The molecule has 5 heteroatoms. The Labute approximate surface area is 88.4 Å². The maximum Gasteiger partial charge on any atom is 0.246 e. The molecule has 2 unspecified atom stereocenters. The monoisotopic (exact) mass is 209 g/mol. The second kappa shape index (κ2) is 3.20. The molecule has 2 bridgehead atoms. The molecule has 0 aromatic carbocycles. The lowest BCUT2D eigenvalue weighted by Crippen LogP contribution is -2.62. The molecule has 4 saturated heterocycles. The standard InChI is InChI=1S/C10H15N3O2/c14-9-7-1-4-13(9)8(7)10(15)12-5-2-11-3-6-12/h7-8,11H,1-6H2. The van der Waals surface area contributed by atoms with E-state index in [1.165, 1.54) is 0 Å². The number of amides is 2. The molecule has 0 aromatic heterocycles. The molecule has 0 saturated carbocycles. The van der Waals surface area contributed by atoms with E-state index in [4.69, 9.17) is 0 Å². The van der Waals surface area contributed by atoms with Gasteiger partial charge in [0, 0.05) is 32.7 Å². The van der Waals surface area contributed by atoms with Gasteiger partial charge in [0.05, 0.1) is 5.92 Å². The molecule has 15 heavy (non-hydrogen) atoms. The summed E-state index contributed by atoms with van der Waals surface area (Å²) in [5.74, 6) is 0.356. The molecule has 4 heterocycles. The zero-order chi connectivity index (χ0) is 10.4. The Hall–Kier alpha value is -1.10. The summed E-state index contributed by atoms with van der Waals surface area (Å²) < 4.78 is 0. The first kappa shape index (κ1) is 9.15. The van der Waals surface area contributed by atoms with Gasteiger partial charge in [0.15, 0.2) is 0 Å². The number of fused-ring (bicyclic) bond motifs is 1. The Bertz CT molecular complexity index is 298. The molecule has 0 spiro atoms. The third-order valence-corrected chi connectivity index (χ3v) is 3.68. The van der Waals surface area contributed by atoms with Crippen LogP contribution in [0.2, 0.25) is 0 Å². The Morgan fingerprint density at radius 1 is 1.27 bits per heavy atom. The maximum atomic E-state index is 12.1. The van der Waals surface area contributed by atoms with Gasteiger partial charge in [-0.1, -0.05) is 0 Å². The van der Waals surface area contributed by atoms with Crippen molar-refractivity contribution < 1.29 is 9.59 Å². The van der Waals surface area contributed by atoms with Gasteiger partial charge in [0.2, 0.25) is 11.8 Å². The first-order chi connectivity index (χ1) is 7.29. The molecular weight excluding hydrogens is 194 g/mol. The highest BCUT2D eigenvalue weighted by Crippen LogP contribution is 2.38. The molecule has 0 radical (unpaired) electrons. The number of hydrogen-bond donors (Lipinski definition) is 1. The third-order valence-electron chi connectivity index (χ3n) is 3.68. The molecule has 4 fully saturated rings. The van der Waals surface area contributed by atoms with Gasteiger partial charge in [-0.25, -0.2) is 0 Å². The van der Waals surface area contributed by atoms with Gasteiger partial charge >= 0.3 is 0 Å². The van der Waals surface area contributed by atoms with Crippen LogP contribution >= 0.6 is 0 Å². The average Bonchev–Trinajstić information content (AvgIpc) is 2.88. The molecule has 4 aliphatic heterocycles. The highest BCUT2D eigenvalue weighted by atomic mass is 16.2. The second-order valence-corrected chi connectivity index (χ2v) is 4.45. The fraction of sp³-hybridized carbons (Fsp3) is 0.800. The number of β-lactam (4-membered cyclic amide) rings is 1. The minimum absolute atomic E-state index is 0.00684. The largest absolute Gasteiger partial charge is 0.338 e. The van der Waals surface area contributed by atoms with Crippen LogP contribution in [0.25, 0.3) is 0 Å². The predicted octanol–water partition coefficient (Wildman–Crippen LogP) is -1.35. The van der Waals surface area contributed by atoms with E-state index in [0.29, 0.717) is 0 Å². The van der Waals surface area contributed by atoms with Crippen LogP contribution in [-0.4, -0.2) is 60.4 Å². The van der Waals surface area contributed by atoms with Crippen LogP contribution in [0.4, 0.5) is 0 Å². The van der Waals surface area contributed by atoms with Crippen LogP contribution < -0.4 is 5.32 Å². The van der Waals surface area contributed by atoms with E-state index in [1.54, 1.807) is 4.90 Å². The van der Waals surface area contributed by atoms with Gasteiger partial charge in [0.25, 0.3) is 0 Å². The molecule has 5 nitrogen and oxygen atoms in total. The second-order valence-electron chi connectivity index (χ2n) is 4.45. The molecule has 2 amide bonds. The molecule has 0 aliphatic carbocycles. The number of hydrogen-bond acceptors (Lipinski definition) is 3. The Morgan fingerprint density at radius 2 is 2.00 bits per heavy atom. The van der Waals surface area contributed by atoms with Crippen LogP contribution in [0.1, 0.15) is 6.42 Å². The highest BCUT2D eigenvalue weighted by molar-refractivity contribution is 6.00. The van der Waals surface area contributed by atoms with Crippen LogP contribution in [0, 0.1) is 5.92 Å². The summed E-state index contributed by atoms with van der Waals surface area (Å²) in [5, 5.41) is 3.22. The normalized spacial score (nSPS) is 34.3. The maximum absolute atomic E-state index is 12.1. The van der Waals surface area contributed by atoms with Gasteiger partial charge in [-0.2, -0.15) is 0 Å². The summed E-state index contributed by atoms with van der Waals surface area (Å²) in [5.41, 5.74) is 0. The van der Waals surface area contributed by atoms with E-state index >= 15 is 0 Å². The van der Waals surface area contributed by atoms with Crippen molar-refractivity contribution in [3.63, 3.8) is 0 Å². The summed E-state index contributed by atoms with van der Waals surface area (Å²) >= 11 is 0. The quantitative estimate of drug-likeness (QED) is 0.543. The fourth-order valence-corrected chi connectivity index (χ4v) is 2.81. The molecule has 2 atom stereocenters. The highest BCUT2D eigenvalue weighted by Gasteiger charge is 2.56. The topological polar surface area (TPSA) is 52.7 Å². The number of rotatable bonds is 1. The fourth-order valence-electron chi connectivity index (χ4n) is 2.81. The summed E-state index contributed by atoms with van der Waals surface area (Å²) in [4.78, 5) is 27.1. The van der Waals surface area contributed by atoms with Crippen molar-refractivity contribution in [2.75, 3.05) is 32.7 Å². The van der Waals surface area contributed by atoms with Crippen molar-refractivity contribution >= 4 is 11.8 Å². The first-order valence-corrected chi connectivity index (χ1v) is 5.59. The van der Waals surface area contributed by atoms with Crippen molar-refractivity contribution in [3.8, 4) is 0 Å². The Kier molecular flexibility index (Phi) is 1.95. The van der Waals surface area contributed by atoms with Gasteiger partial charge in [-0.05, 0) is 6.42 Å². The molecule has 4 rings (SSSR count). The number of nitrogens with one attached hydrogen (secondary N) is 1. The zero-order valence-corrected chi connectivity index (χ0v) is 8.61. The van der Waals surface area contributed by atoms with Gasteiger partial charge in [-0.3, -0.25) is 9.59 Å². The summed E-state index contributed by atoms with van der Waals surface area (Å²) in [7, 11) is 0. The molecule has 82 valence electrons. The molecule has 1 N–H and O–H groups in total. The van der Waals surface area contributed by atoms with Crippen LogP contribution in [0.5, 0.6) is 0 Å². The molecular formula is C10H15N3O2. The van der Waals surface area contributed by atoms with E-state index in [0.717, 1.165) is 39.1 Å². The number of carbonyl (C=O) groups is 2. The van der Waals surface area contributed by atoms with Gasteiger partial charge < -0.3 is 15.1 Å². The summed E-state index contributed by atoms with van der Waals surface area (Å²) in [6.07, 6.45) is 0.876. The van der Waals surface area contributed by atoms with Gasteiger partial charge in [0.1, 0.15) is 6.04 Å². The molecule has 0 aromatic rings. The van der Waals surface area contributed by atoms with Crippen molar-refractivity contribution in [1.82, 2.24) is 15.1 Å². The number of piperazine rings is 1. The SMILES string of the molecule is O=C(C1C2CCN1C2=O)N1CCNCC1. The Morgan fingerprint density at radius 3 is 2.53 bits per heavy atom. The van der Waals surface area contributed by atoms with E-state index in [9.17, 15) is 9.59 Å². The van der Waals surface area contributed by atoms with E-state index in [1.807, 2.05) is 4.90 Å². The van der Waals surface area contributed by atoms with Crippen molar-refractivity contribution in [2.24, 2.45) is 5.92 Å². The lowest BCUT2D eigenvalue weighted by atomic mass is 9.91. The summed E-state index contributed by atoms with van der Waals surface area (Å²) in [6.45, 7) is 4.09. The van der Waals surface area contributed by atoms with Crippen molar-refractivity contribution in [2.45, 2.75) is 12.5 Å². The predicted molar refractivity (Wildman–Crippen MR) is 53.1 cm³/mol. The van der Waals surface area contributed by atoms with Crippen LogP contribution in [0.3, 0.4) is 0 Å². The lowest BCUT2D eigenvalue weighted by Gasteiger charge is -2.40. The van der Waals surface area contributed by atoms with Crippen LogP contribution in [0.15, 0.2) is 0 Å². The minimum atomic E-state index is -0.115. The number of carbonyl (C=O) groups excluding carboxylic acids is 2. The first-order valence-electron chi connectivity index (χ1n) is 5.59. The lowest BCUT2D eigenvalue weighted by molar-refractivity contribution is -0.159. The van der Waals surface area contributed by atoms with Crippen LogP contribution in [-0.2, 0) is 9.59 Å². The zero-order valence-electron chi connectivity index (χ0n) is 8.61. The Balaban J connectivity index is 1.68. The molecule has 4 aliphatic rings. The van der Waals surface area contributed by atoms with E-state index < -0.39 is 0 Å². The van der Waals surface area contributed by atoms with Crippen molar-refractivity contribution in [1.29, 1.82) is 0 Å². The number of nitrogens with zero attached hydrogens (tertiary/aromatic N) is 2.